The Kier molecular flexibility index (Phi) is 5.94. The van der Waals surface area contributed by atoms with Crippen LogP contribution in [0.25, 0.3) is 11.0 Å². The van der Waals surface area contributed by atoms with Crippen LogP contribution in [0.3, 0.4) is 0 Å². The molecule has 0 radical (unpaired) electrons. The summed E-state index contributed by atoms with van der Waals surface area (Å²) in [6.45, 7) is 9.80. The minimum atomic E-state index is -0.0846. The van der Waals surface area contributed by atoms with E-state index in [1.54, 1.807) is 17.5 Å². The fourth-order valence-corrected chi connectivity index (χ4v) is 4.63. The third-order valence-electron chi connectivity index (χ3n) is 5.24. The molecule has 8 heteroatoms. The summed E-state index contributed by atoms with van der Waals surface area (Å²) >= 11 is 1.73. The van der Waals surface area contributed by atoms with Crippen molar-refractivity contribution in [1.29, 1.82) is 0 Å². The van der Waals surface area contributed by atoms with Crippen LogP contribution in [0.15, 0.2) is 29.8 Å². The molecule has 7 nitrogen and oxygen atoms in total. The number of amides is 1. The van der Waals surface area contributed by atoms with Crippen LogP contribution in [-0.4, -0.2) is 58.4 Å². The van der Waals surface area contributed by atoms with Gasteiger partial charge < -0.3 is 10.1 Å². The van der Waals surface area contributed by atoms with Crippen molar-refractivity contribution < 1.29 is 9.53 Å². The van der Waals surface area contributed by atoms with Crippen LogP contribution in [0.5, 0.6) is 0 Å². The lowest BCUT2D eigenvalue weighted by atomic mass is 10.1. The zero-order valence-electron chi connectivity index (χ0n) is 17.1. The number of morpholine rings is 1. The number of aryl methyl sites for hydroxylation is 1. The minimum Gasteiger partial charge on any atom is -0.379 e. The van der Waals surface area contributed by atoms with Gasteiger partial charge in [-0.05, 0) is 38.3 Å². The van der Waals surface area contributed by atoms with Gasteiger partial charge in [0, 0.05) is 36.2 Å². The van der Waals surface area contributed by atoms with Crippen LogP contribution in [0.4, 0.5) is 0 Å². The fraction of sp³-hybridized carbons (Fsp3) is 0.476. The van der Waals surface area contributed by atoms with Gasteiger partial charge in [-0.2, -0.15) is 5.10 Å². The first kappa shape index (κ1) is 20.0. The van der Waals surface area contributed by atoms with Crippen molar-refractivity contribution in [2.75, 3.05) is 32.8 Å². The fourth-order valence-electron chi connectivity index (χ4n) is 3.77. The van der Waals surface area contributed by atoms with Gasteiger partial charge in [0.25, 0.3) is 5.91 Å². The number of nitrogens with one attached hydrogen (secondary N) is 1. The molecule has 3 aromatic rings. The first-order valence-electron chi connectivity index (χ1n) is 10.0. The molecule has 3 aromatic heterocycles. The van der Waals surface area contributed by atoms with Crippen molar-refractivity contribution in [3.05, 3.63) is 45.9 Å². The molecule has 0 aliphatic carbocycles. The summed E-state index contributed by atoms with van der Waals surface area (Å²) in [5, 5.41) is 10.5. The van der Waals surface area contributed by atoms with Gasteiger partial charge in [0.2, 0.25) is 0 Å². The van der Waals surface area contributed by atoms with E-state index < -0.39 is 0 Å². The Bertz CT molecular complexity index is 977. The van der Waals surface area contributed by atoms with E-state index in [1.807, 2.05) is 17.7 Å². The topological polar surface area (TPSA) is 72.3 Å². The van der Waals surface area contributed by atoms with E-state index in [0.717, 1.165) is 43.0 Å². The maximum atomic E-state index is 13.1. The number of ether oxygens (including phenoxy) is 1. The number of hydrogen-bond acceptors (Lipinski definition) is 6. The molecule has 1 unspecified atom stereocenters. The molecule has 0 aromatic carbocycles. The van der Waals surface area contributed by atoms with Crippen LogP contribution >= 0.6 is 11.3 Å². The lowest BCUT2D eigenvalue weighted by molar-refractivity contribution is 0.0169. The number of aromatic nitrogens is 3. The molecule has 4 rings (SSSR count). The van der Waals surface area contributed by atoms with E-state index in [-0.39, 0.29) is 18.0 Å². The summed E-state index contributed by atoms with van der Waals surface area (Å²) in [7, 11) is 0. The first-order valence-corrected chi connectivity index (χ1v) is 10.9. The minimum absolute atomic E-state index is 0.0846. The number of carbonyl (C=O) groups excluding carboxylic acids is 1. The molecule has 1 saturated heterocycles. The normalized spacial score (nSPS) is 16.4. The maximum absolute atomic E-state index is 13.1. The summed E-state index contributed by atoms with van der Waals surface area (Å²) < 4.78 is 7.37. The van der Waals surface area contributed by atoms with Crippen LogP contribution in [0, 0.1) is 6.92 Å². The average Bonchev–Trinajstić information content (AvgIpc) is 3.38. The molecule has 1 aliphatic rings. The highest BCUT2D eigenvalue weighted by atomic mass is 32.1. The Morgan fingerprint density at radius 2 is 2.14 bits per heavy atom. The number of thiophene rings is 1. The molecule has 1 N–H and O–H groups in total. The van der Waals surface area contributed by atoms with Crippen LogP contribution in [0.1, 0.15) is 46.9 Å². The highest BCUT2D eigenvalue weighted by Crippen LogP contribution is 2.26. The second kappa shape index (κ2) is 8.61. The molecule has 1 aliphatic heterocycles. The van der Waals surface area contributed by atoms with E-state index in [2.05, 4.69) is 51.7 Å². The van der Waals surface area contributed by atoms with Gasteiger partial charge in [0.15, 0.2) is 5.65 Å². The van der Waals surface area contributed by atoms with E-state index in [1.165, 1.54) is 4.88 Å². The van der Waals surface area contributed by atoms with Crippen molar-refractivity contribution in [2.24, 2.45) is 0 Å². The summed E-state index contributed by atoms with van der Waals surface area (Å²) in [5.41, 5.74) is 2.20. The molecular weight excluding hydrogens is 386 g/mol. The van der Waals surface area contributed by atoms with E-state index >= 15 is 0 Å². The molecule has 0 bridgehead atoms. The Morgan fingerprint density at radius 1 is 1.34 bits per heavy atom. The summed E-state index contributed by atoms with van der Waals surface area (Å²) in [6.07, 6.45) is 1.75. The van der Waals surface area contributed by atoms with Crippen LogP contribution < -0.4 is 5.32 Å². The number of hydrogen-bond donors (Lipinski definition) is 1. The molecular formula is C21H27N5O2S. The summed E-state index contributed by atoms with van der Waals surface area (Å²) in [6, 6.07) is 6.38. The number of carbonyl (C=O) groups is 1. The van der Waals surface area contributed by atoms with Crippen molar-refractivity contribution in [1.82, 2.24) is 25.0 Å². The lowest BCUT2D eigenvalue weighted by Gasteiger charge is -2.34. The molecule has 154 valence electrons. The van der Waals surface area contributed by atoms with Gasteiger partial charge in [-0.1, -0.05) is 6.07 Å². The second-order valence-electron chi connectivity index (χ2n) is 7.62. The Hall–Kier alpha value is -2.29. The van der Waals surface area contributed by atoms with Gasteiger partial charge >= 0.3 is 0 Å². The highest BCUT2D eigenvalue weighted by molar-refractivity contribution is 7.10. The Morgan fingerprint density at radius 3 is 2.83 bits per heavy atom. The average molecular weight is 414 g/mol. The zero-order chi connectivity index (χ0) is 20.4. The molecule has 1 amide bonds. The van der Waals surface area contributed by atoms with Gasteiger partial charge in [-0.25, -0.2) is 9.67 Å². The van der Waals surface area contributed by atoms with Crippen LogP contribution in [-0.2, 0) is 4.74 Å². The predicted octanol–water partition coefficient (Wildman–Crippen LogP) is 3.19. The lowest BCUT2D eigenvalue weighted by Crippen LogP contribution is -2.43. The smallest absolute Gasteiger partial charge is 0.252 e. The van der Waals surface area contributed by atoms with E-state index in [4.69, 9.17) is 4.74 Å². The van der Waals surface area contributed by atoms with Gasteiger partial charge in [-0.3, -0.25) is 9.69 Å². The number of rotatable bonds is 6. The molecule has 1 atom stereocenters. The molecule has 0 saturated carbocycles. The number of fused-ring (bicyclic) bond motifs is 1. The Labute approximate surface area is 174 Å². The van der Waals surface area contributed by atoms with Crippen molar-refractivity contribution in [2.45, 2.75) is 32.9 Å². The standard InChI is InChI=1S/C21H27N5O2S/c1-14(2)26-20-17(12-23-26)16(11-15(3)24-20)21(27)22-13-18(19-5-4-10-29-19)25-6-8-28-9-7-25/h4-5,10-12,14,18H,6-9,13H2,1-3H3,(H,22,27). The van der Waals surface area contributed by atoms with Crippen molar-refractivity contribution in [3.8, 4) is 0 Å². The Balaban J connectivity index is 1.57. The third-order valence-corrected chi connectivity index (χ3v) is 6.22. The molecule has 4 heterocycles. The predicted molar refractivity (Wildman–Crippen MR) is 114 cm³/mol. The quantitative estimate of drug-likeness (QED) is 0.672. The van der Waals surface area contributed by atoms with Gasteiger partial charge in [-0.15, -0.1) is 11.3 Å². The van der Waals surface area contributed by atoms with Crippen molar-refractivity contribution in [3.63, 3.8) is 0 Å². The second-order valence-corrected chi connectivity index (χ2v) is 8.60. The number of nitrogens with zero attached hydrogens (tertiary/aromatic N) is 4. The summed E-state index contributed by atoms with van der Waals surface area (Å²) in [4.78, 5) is 21.4. The zero-order valence-corrected chi connectivity index (χ0v) is 17.9. The molecule has 29 heavy (non-hydrogen) atoms. The SMILES string of the molecule is Cc1cc(C(=O)NCC(c2cccs2)N2CCOCC2)c2cnn(C(C)C)c2n1. The van der Waals surface area contributed by atoms with Crippen molar-refractivity contribution >= 4 is 28.3 Å². The largest absolute Gasteiger partial charge is 0.379 e. The van der Waals surface area contributed by atoms with E-state index in [9.17, 15) is 4.79 Å². The van der Waals surface area contributed by atoms with E-state index in [0.29, 0.717) is 12.1 Å². The first-order chi connectivity index (χ1) is 14.0. The van der Waals surface area contributed by atoms with Gasteiger partial charge in [0.05, 0.1) is 36.4 Å². The maximum Gasteiger partial charge on any atom is 0.252 e. The molecule has 1 fully saturated rings. The number of pyridine rings is 1. The highest BCUT2D eigenvalue weighted by Gasteiger charge is 2.25. The monoisotopic (exact) mass is 413 g/mol. The van der Waals surface area contributed by atoms with Crippen LogP contribution in [0.2, 0.25) is 0 Å². The summed E-state index contributed by atoms with van der Waals surface area (Å²) in [5.74, 6) is -0.0846. The van der Waals surface area contributed by atoms with Gasteiger partial charge in [0.1, 0.15) is 0 Å². The molecule has 0 spiro atoms. The third kappa shape index (κ3) is 4.19.